The Morgan fingerprint density at radius 2 is 1.74 bits per heavy atom. The number of benzene rings is 1. The summed E-state index contributed by atoms with van der Waals surface area (Å²) in [6.07, 6.45) is 1.22. The maximum Gasteiger partial charge on any atom is 0.222 e. The van der Waals surface area contributed by atoms with E-state index in [0.29, 0.717) is 31.1 Å². The largest absolute Gasteiger partial charge is 0.352 e. The number of hydrogen-bond donors (Lipinski definition) is 1. The Hall–Kier alpha value is -1.59. The molecule has 0 bridgehead atoms. The zero-order chi connectivity index (χ0) is 17.2. The second-order valence-electron chi connectivity index (χ2n) is 5.82. The van der Waals surface area contributed by atoms with Crippen LogP contribution in [0.25, 0.3) is 0 Å². The molecule has 1 rings (SSSR count). The Labute approximate surface area is 143 Å². The fraction of sp³-hybridized carbons (Fsp3) is 0.529. The minimum atomic E-state index is -0.0567. The van der Waals surface area contributed by atoms with E-state index in [0.717, 1.165) is 18.5 Å². The summed E-state index contributed by atoms with van der Waals surface area (Å²) in [4.78, 5) is 27.3. The smallest absolute Gasteiger partial charge is 0.222 e. The van der Waals surface area contributed by atoms with Crippen molar-refractivity contribution < 1.29 is 9.59 Å². The first-order valence-electron chi connectivity index (χ1n) is 7.80. The summed E-state index contributed by atoms with van der Waals surface area (Å²) in [5, 5.41) is 3.53. The van der Waals surface area contributed by atoms with Gasteiger partial charge in [0.1, 0.15) is 0 Å². The lowest BCUT2D eigenvalue weighted by Crippen LogP contribution is -2.35. The number of nitrogens with zero attached hydrogens (tertiary/aromatic N) is 2. The molecule has 0 saturated carbocycles. The van der Waals surface area contributed by atoms with Gasteiger partial charge in [-0.25, -0.2) is 0 Å². The average molecular weight is 340 g/mol. The van der Waals surface area contributed by atoms with Crippen LogP contribution in [0.1, 0.15) is 25.3 Å². The van der Waals surface area contributed by atoms with Gasteiger partial charge < -0.3 is 15.1 Å². The predicted octanol–water partition coefficient (Wildman–Crippen LogP) is 2.15. The highest BCUT2D eigenvalue weighted by molar-refractivity contribution is 6.30. The average Bonchev–Trinajstić information content (AvgIpc) is 2.49. The summed E-state index contributed by atoms with van der Waals surface area (Å²) >= 11 is 5.82. The van der Waals surface area contributed by atoms with E-state index in [-0.39, 0.29) is 11.8 Å². The van der Waals surface area contributed by atoms with Crippen molar-refractivity contribution in [3.8, 4) is 0 Å². The number of hydrogen-bond acceptors (Lipinski definition) is 3. The third kappa shape index (κ3) is 8.57. The molecular weight excluding hydrogens is 314 g/mol. The van der Waals surface area contributed by atoms with Gasteiger partial charge in [-0.05, 0) is 44.8 Å². The number of nitrogens with one attached hydrogen (secondary N) is 1. The molecule has 0 aliphatic rings. The highest BCUT2D eigenvalue weighted by Gasteiger charge is 2.11. The topological polar surface area (TPSA) is 52.7 Å². The Balaban J connectivity index is 2.31. The van der Waals surface area contributed by atoms with Crippen LogP contribution >= 0.6 is 11.6 Å². The fourth-order valence-electron chi connectivity index (χ4n) is 2.13. The SMILES string of the molecule is CC(=O)N(CCCN(C)C)CCC(=O)NCc1ccc(Cl)cc1. The van der Waals surface area contributed by atoms with Crippen molar-refractivity contribution in [2.24, 2.45) is 0 Å². The van der Waals surface area contributed by atoms with Crippen LogP contribution in [0.15, 0.2) is 24.3 Å². The van der Waals surface area contributed by atoms with E-state index in [1.165, 1.54) is 0 Å². The molecule has 0 unspecified atom stereocenters. The molecule has 0 saturated heterocycles. The zero-order valence-corrected chi connectivity index (χ0v) is 14.9. The van der Waals surface area contributed by atoms with E-state index in [1.54, 1.807) is 24.0 Å². The van der Waals surface area contributed by atoms with Crippen LogP contribution in [0, 0.1) is 0 Å². The standard InChI is InChI=1S/C17H26ClN3O2/c1-14(22)21(11-4-10-20(2)3)12-9-17(23)19-13-15-5-7-16(18)8-6-15/h5-8H,4,9-13H2,1-3H3,(H,19,23). The van der Waals surface area contributed by atoms with Gasteiger partial charge >= 0.3 is 0 Å². The number of halogens is 1. The Bertz CT molecular complexity index is 503. The summed E-state index contributed by atoms with van der Waals surface area (Å²) in [6.45, 7) is 4.07. The minimum Gasteiger partial charge on any atom is -0.352 e. The molecule has 0 atom stereocenters. The summed E-state index contributed by atoms with van der Waals surface area (Å²) in [7, 11) is 4.00. The number of rotatable bonds is 9. The van der Waals surface area contributed by atoms with Gasteiger partial charge in [0.25, 0.3) is 0 Å². The van der Waals surface area contributed by atoms with Crippen molar-refractivity contribution in [3.63, 3.8) is 0 Å². The Morgan fingerprint density at radius 3 is 2.30 bits per heavy atom. The highest BCUT2D eigenvalue weighted by atomic mass is 35.5. The van der Waals surface area contributed by atoms with Crippen molar-refractivity contribution >= 4 is 23.4 Å². The second kappa shape index (κ2) is 10.2. The molecule has 23 heavy (non-hydrogen) atoms. The molecule has 0 radical (unpaired) electrons. The van der Waals surface area contributed by atoms with E-state index < -0.39 is 0 Å². The summed E-state index contributed by atoms with van der Waals surface area (Å²) in [5.41, 5.74) is 0.997. The van der Waals surface area contributed by atoms with E-state index in [1.807, 2.05) is 26.2 Å². The number of carbonyl (C=O) groups is 2. The van der Waals surface area contributed by atoms with Crippen LogP contribution in [0.4, 0.5) is 0 Å². The lowest BCUT2D eigenvalue weighted by Gasteiger charge is -2.21. The monoisotopic (exact) mass is 339 g/mol. The van der Waals surface area contributed by atoms with Crippen molar-refractivity contribution in [1.82, 2.24) is 15.1 Å². The predicted molar refractivity (Wildman–Crippen MR) is 93.3 cm³/mol. The third-order valence-electron chi connectivity index (χ3n) is 3.49. The quantitative estimate of drug-likeness (QED) is 0.750. The minimum absolute atomic E-state index is 0.00857. The van der Waals surface area contributed by atoms with Gasteiger partial charge in [0.15, 0.2) is 0 Å². The number of amides is 2. The van der Waals surface area contributed by atoms with E-state index in [4.69, 9.17) is 11.6 Å². The molecule has 0 aliphatic carbocycles. The van der Waals surface area contributed by atoms with Crippen LogP contribution in [-0.4, -0.2) is 55.3 Å². The van der Waals surface area contributed by atoms with Gasteiger partial charge in [-0.1, -0.05) is 23.7 Å². The van der Waals surface area contributed by atoms with Crippen LogP contribution < -0.4 is 5.32 Å². The molecule has 0 aliphatic heterocycles. The molecule has 6 heteroatoms. The molecule has 0 spiro atoms. The zero-order valence-electron chi connectivity index (χ0n) is 14.1. The van der Waals surface area contributed by atoms with Crippen LogP contribution in [0.2, 0.25) is 5.02 Å². The van der Waals surface area contributed by atoms with E-state index in [2.05, 4.69) is 10.2 Å². The molecule has 0 aromatic heterocycles. The summed E-state index contributed by atoms with van der Waals surface area (Å²) in [6, 6.07) is 7.36. The molecule has 0 heterocycles. The molecular formula is C17H26ClN3O2. The van der Waals surface area contributed by atoms with Crippen molar-refractivity contribution in [2.75, 3.05) is 33.7 Å². The maximum atomic E-state index is 11.9. The first-order chi connectivity index (χ1) is 10.9. The van der Waals surface area contributed by atoms with E-state index >= 15 is 0 Å². The Kier molecular flexibility index (Phi) is 8.66. The van der Waals surface area contributed by atoms with Crippen LogP contribution in [0.3, 0.4) is 0 Å². The van der Waals surface area contributed by atoms with Crippen LogP contribution in [0.5, 0.6) is 0 Å². The normalized spacial score (nSPS) is 10.7. The highest BCUT2D eigenvalue weighted by Crippen LogP contribution is 2.09. The molecule has 0 fully saturated rings. The van der Waals surface area contributed by atoms with Gasteiger partial charge in [-0.3, -0.25) is 9.59 Å². The molecule has 5 nitrogen and oxygen atoms in total. The fourth-order valence-corrected chi connectivity index (χ4v) is 2.26. The first kappa shape index (κ1) is 19.5. The second-order valence-corrected chi connectivity index (χ2v) is 6.25. The third-order valence-corrected chi connectivity index (χ3v) is 3.74. The lowest BCUT2D eigenvalue weighted by molar-refractivity contribution is -0.129. The lowest BCUT2D eigenvalue weighted by atomic mass is 10.2. The summed E-state index contributed by atoms with van der Waals surface area (Å²) < 4.78 is 0. The van der Waals surface area contributed by atoms with Crippen LogP contribution in [-0.2, 0) is 16.1 Å². The van der Waals surface area contributed by atoms with Crippen molar-refractivity contribution in [2.45, 2.75) is 26.3 Å². The van der Waals surface area contributed by atoms with Gasteiger partial charge in [0.2, 0.25) is 11.8 Å². The van der Waals surface area contributed by atoms with Crippen molar-refractivity contribution in [1.29, 1.82) is 0 Å². The van der Waals surface area contributed by atoms with Gasteiger partial charge in [0.05, 0.1) is 0 Å². The molecule has 1 N–H and O–H groups in total. The van der Waals surface area contributed by atoms with Crippen molar-refractivity contribution in [3.05, 3.63) is 34.9 Å². The Morgan fingerprint density at radius 1 is 1.09 bits per heavy atom. The molecule has 2 amide bonds. The molecule has 1 aromatic carbocycles. The van der Waals surface area contributed by atoms with Gasteiger partial charge in [0, 0.05) is 38.0 Å². The molecule has 128 valence electrons. The maximum absolute atomic E-state index is 11.9. The summed E-state index contributed by atoms with van der Waals surface area (Å²) in [5.74, 6) is -0.0481. The molecule has 1 aromatic rings. The number of carbonyl (C=O) groups excluding carboxylic acids is 2. The first-order valence-corrected chi connectivity index (χ1v) is 8.17. The van der Waals surface area contributed by atoms with Gasteiger partial charge in [-0.2, -0.15) is 0 Å². The van der Waals surface area contributed by atoms with Gasteiger partial charge in [-0.15, -0.1) is 0 Å². The van der Waals surface area contributed by atoms with E-state index in [9.17, 15) is 9.59 Å².